The van der Waals surface area contributed by atoms with Crippen molar-refractivity contribution < 1.29 is 22.7 Å². The Hall–Kier alpha value is -3.02. The highest BCUT2D eigenvalue weighted by atomic mass is 32.2. The highest BCUT2D eigenvalue weighted by Gasteiger charge is 2.28. The van der Waals surface area contributed by atoms with Crippen LogP contribution in [0, 0.1) is 10.6 Å². The Labute approximate surface area is 183 Å². The molecule has 2 heterocycles. The molecule has 3 N–H and O–H groups in total. The van der Waals surface area contributed by atoms with Gasteiger partial charge in [-0.05, 0) is 67.5 Å². The Morgan fingerprint density at radius 1 is 1.13 bits per heavy atom. The number of carbonyl (C=O) groups is 1. The van der Waals surface area contributed by atoms with Crippen LogP contribution >= 0.6 is 12.2 Å². The number of carbonyl (C=O) groups excluding carboxylic acids is 1. The first-order valence-corrected chi connectivity index (χ1v) is 11.3. The van der Waals surface area contributed by atoms with Crippen molar-refractivity contribution in [3.8, 4) is 11.4 Å². The van der Waals surface area contributed by atoms with Crippen LogP contribution in [0.25, 0.3) is 5.69 Å². The highest BCUT2D eigenvalue weighted by Crippen LogP contribution is 2.30. The van der Waals surface area contributed by atoms with Gasteiger partial charge in [-0.2, -0.15) is 4.31 Å². The van der Waals surface area contributed by atoms with Gasteiger partial charge in [0.25, 0.3) is 5.91 Å². The van der Waals surface area contributed by atoms with Crippen molar-refractivity contribution in [3.63, 3.8) is 0 Å². The molecule has 1 amide bonds. The van der Waals surface area contributed by atoms with Gasteiger partial charge in [0, 0.05) is 25.0 Å². The van der Waals surface area contributed by atoms with Crippen LogP contribution in [0.3, 0.4) is 0 Å². The lowest BCUT2D eigenvalue weighted by Gasteiger charge is -2.17. The summed E-state index contributed by atoms with van der Waals surface area (Å²) in [4.78, 5) is 15.7. The molecule has 4 rings (SSSR count). The third-order valence-electron chi connectivity index (χ3n) is 5.01. The minimum absolute atomic E-state index is 0.0214. The predicted octanol–water partition coefficient (Wildman–Crippen LogP) is 3.42. The van der Waals surface area contributed by atoms with Gasteiger partial charge in [0.05, 0.1) is 10.6 Å². The Balaban J connectivity index is 1.66. The number of hydrogen-bond donors (Lipinski definition) is 3. The number of phenolic OH excluding ortho intramolecular Hbond substituents is 1. The van der Waals surface area contributed by atoms with Crippen LogP contribution < -0.4 is 5.32 Å². The van der Waals surface area contributed by atoms with Crippen LogP contribution in [0.2, 0.25) is 0 Å². The van der Waals surface area contributed by atoms with Gasteiger partial charge in [0.2, 0.25) is 10.0 Å². The Kier molecular flexibility index (Phi) is 5.65. The largest absolute Gasteiger partial charge is 0.506 e. The van der Waals surface area contributed by atoms with Crippen molar-refractivity contribution >= 4 is 33.8 Å². The number of aromatic nitrogens is 2. The second-order valence-corrected chi connectivity index (χ2v) is 9.36. The third-order valence-corrected chi connectivity index (χ3v) is 7.21. The average molecular weight is 463 g/mol. The Bertz CT molecular complexity index is 1290. The van der Waals surface area contributed by atoms with Gasteiger partial charge in [0.15, 0.2) is 4.77 Å². The van der Waals surface area contributed by atoms with E-state index in [0.717, 1.165) is 12.8 Å². The number of imidazole rings is 1. The molecule has 162 valence electrons. The van der Waals surface area contributed by atoms with Gasteiger partial charge in [0.1, 0.15) is 17.3 Å². The lowest BCUT2D eigenvalue weighted by Crippen LogP contribution is -2.28. The molecule has 0 saturated carbocycles. The van der Waals surface area contributed by atoms with Gasteiger partial charge in [-0.25, -0.2) is 12.8 Å². The number of hydrogen-bond acceptors (Lipinski definition) is 5. The first-order valence-electron chi connectivity index (χ1n) is 9.48. The van der Waals surface area contributed by atoms with E-state index >= 15 is 0 Å². The fourth-order valence-corrected chi connectivity index (χ4v) is 5.23. The predicted molar refractivity (Wildman–Crippen MR) is 115 cm³/mol. The summed E-state index contributed by atoms with van der Waals surface area (Å²) in [6.45, 7) is 0.876. The highest BCUT2D eigenvalue weighted by molar-refractivity contribution is 7.89. The monoisotopic (exact) mass is 462 g/mol. The quantitative estimate of drug-likeness (QED) is 0.398. The van der Waals surface area contributed by atoms with Crippen LogP contribution in [-0.4, -0.2) is 46.4 Å². The number of anilines is 1. The standard InChI is InChI=1S/C20H19FN4O4S2/c21-13-3-5-14(6-4-13)25-17(12-22-20(25)30)19(27)23-16-11-15(7-8-18(16)26)31(28,29)24-9-1-2-10-24/h3-8,11-12,26H,1-2,9-10H2,(H,22,30)(H,23,27). The number of aromatic amines is 1. The number of sulfonamides is 1. The Morgan fingerprint density at radius 2 is 1.81 bits per heavy atom. The van der Waals surface area contributed by atoms with E-state index in [1.165, 1.54) is 57.5 Å². The van der Waals surface area contributed by atoms with Crippen molar-refractivity contribution in [1.29, 1.82) is 0 Å². The zero-order valence-corrected chi connectivity index (χ0v) is 17.8. The van der Waals surface area contributed by atoms with E-state index in [4.69, 9.17) is 12.2 Å². The normalized spacial score (nSPS) is 14.6. The second-order valence-electron chi connectivity index (χ2n) is 7.04. The smallest absolute Gasteiger partial charge is 0.274 e. The third kappa shape index (κ3) is 4.11. The maximum atomic E-state index is 13.3. The van der Waals surface area contributed by atoms with Crippen LogP contribution in [0.15, 0.2) is 53.6 Å². The van der Waals surface area contributed by atoms with Crippen molar-refractivity contribution in [2.75, 3.05) is 18.4 Å². The van der Waals surface area contributed by atoms with Crippen LogP contribution in [0.4, 0.5) is 10.1 Å². The first kappa shape index (κ1) is 21.2. The summed E-state index contributed by atoms with van der Waals surface area (Å²) < 4.78 is 41.9. The van der Waals surface area contributed by atoms with Crippen LogP contribution in [0.1, 0.15) is 23.3 Å². The summed E-state index contributed by atoms with van der Waals surface area (Å²) in [5.41, 5.74) is 0.513. The molecule has 0 radical (unpaired) electrons. The zero-order valence-electron chi connectivity index (χ0n) is 16.2. The molecule has 31 heavy (non-hydrogen) atoms. The van der Waals surface area contributed by atoms with Crippen molar-refractivity contribution in [3.05, 3.63) is 64.9 Å². The molecule has 3 aromatic rings. The topological polar surface area (TPSA) is 107 Å². The number of halogens is 1. The molecule has 1 saturated heterocycles. The number of nitrogens with one attached hydrogen (secondary N) is 2. The van der Waals surface area contributed by atoms with Gasteiger partial charge in [-0.3, -0.25) is 9.36 Å². The molecule has 1 fully saturated rings. The van der Waals surface area contributed by atoms with Crippen LogP contribution in [-0.2, 0) is 10.0 Å². The number of amides is 1. The summed E-state index contributed by atoms with van der Waals surface area (Å²) >= 11 is 5.23. The Morgan fingerprint density at radius 3 is 2.48 bits per heavy atom. The fourth-order valence-electron chi connectivity index (χ4n) is 3.42. The van der Waals surface area contributed by atoms with E-state index in [9.17, 15) is 22.7 Å². The number of benzene rings is 2. The van der Waals surface area contributed by atoms with E-state index in [-0.39, 0.29) is 26.8 Å². The molecule has 0 bridgehead atoms. The molecule has 1 aromatic heterocycles. The average Bonchev–Trinajstić information content (AvgIpc) is 3.41. The number of rotatable bonds is 5. The van der Waals surface area contributed by atoms with Crippen molar-refractivity contribution in [1.82, 2.24) is 13.9 Å². The van der Waals surface area contributed by atoms with Crippen molar-refractivity contribution in [2.45, 2.75) is 17.7 Å². The summed E-state index contributed by atoms with van der Waals surface area (Å²) in [5.74, 6) is -1.35. The van der Waals surface area contributed by atoms with E-state index in [1.54, 1.807) is 0 Å². The zero-order chi connectivity index (χ0) is 22.2. The van der Waals surface area contributed by atoms with Gasteiger partial charge in [-0.1, -0.05) is 0 Å². The number of H-pyrrole nitrogens is 1. The molecule has 11 heteroatoms. The molecule has 0 aliphatic carbocycles. The molecule has 0 spiro atoms. The minimum atomic E-state index is -3.72. The SMILES string of the molecule is O=C(Nc1cc(S(=O)(=O)N2CCCC2)ccc1O)c1c[nH]c(=S)n1-c1ccc(F)cc1. The summed E-state index contributed by atoms with van der Waals surface area (Å²) in [5, 5.41) is 12.7. The van der Waals surface area contributed by atoms with Gasteiger partial charge < -0.3 is 15.4 Å². The maximum Gasteiger partial charge on any atom is 0.274 e. The van der Waals surface area contributed by atoms with Gasteiger partial charge >= 0.3 is 0 Å². The molecule has 8 nitrogen and oxygen atoms in total. The molecule has 0 unspecified atom stereocenters. The lowest BCUT2D eigenvalue weighted by atomic mass is 10.2. The van der Waals surface area contributed by atoms with E-state index in [2.05, 4.69) is 10.3 Å². The van der Waals surface area contributed by atoms with E-state index in [0.29, 0.717) is 18.8 Å². The molecule has 1 aliphatic heterocycles. The molecule has 0 atom stereocenters. The molecular formula is C20H19FN4O4S2. The molecule has 1 aliphatic rings. The van der Waals surface area contributed by atoms with Crippen molar-refractivity contribution in [2.24, 2.45) is 0 Å². The number of nitrogens with zero attached hydrogens (tertiary/aromatic N) is 2. The maximum absolute atomic E-state index is 13.3. The minimum Gasteiger partial charge on any atom is -0.506 e. The molecule has 2 aromatic carbocycles. The molecular weight excluding hydrogens is 443 g/mol. The first-order chi connectivity index (χ1) is 14.8. The lowest BCUT2D eigenvalue weighted by molar-refractivity contribution is 0.102. The number of aromatic hydroxyl groups is 1. The van der Waals surface area contributed by atoms with E-state index in [1.807, 2.05) is 0 Å². The number of phenols is 1. The van der Waals surface area contributed by atoms with Crippen LogP contribution in [0.5, 0.6) is 5.75 Å². The summed E-state index contributed by atoms with van der Waals surface area (Å²) in [7, 11) is -3.72. The summed E-state index contributed by atoms with van der Waals surface area (Å²) in [6.07, 6.45) is 2.96. The second kappa shape index (κ2) is 8.25. The van der Waals surface area contributed by atoms with Gasteiger partial charge in [-0.15, -0.1) is 0 Å². The fraction of sp³-hybridized carbons (Fsp3) is 0.200. The summed E-state index contributed by atoms with van der Waals surface area (Å²) in [6, 6.07) is 9.17. The van der Waals surface area contributed by atoms with E-state index < -0.39 is 21.7 Å².